The zero-order valence-corrected chi connectivity index (χ0v) is 9.20. The quantitative estimate of drug-likeness (QED) is 0.874. The summed E-state index contributed by atoms with van der Waals surface area (Å²) in [5.41, 5.74) is 0.0266. The first-order valence-corrected chi connectivity index (χ1v) is 5.10. The molecule has 0 radical (unpaired) electrons. The average molecular weight is 249 g/mol. The topological polar surface area (TPSA) is 37.3 Å². The summed E-state index contributed by atoms with van der Waals surface area (Å²) in [5, 5.41) is 10.8. The number of rotatable bonds is 2. The molecule has 1 aromatic rings. The fourth-order valence-electron chi connectivity index (χ4n) is 0.860. The fourth-order valence-corrected chi connectivity index (χ4v) is 2.59. The van der Waals surface area contributed by atoms with Crippen molar-refractivity contribution in [2.24, 2.45) is 0 Å². The second-order valence-electron chi connectivity index (χ2n) is 3.04. The molecule has 66 valence electrons. The molecule has 12 heavy (non-hydrogen) atoms. The summed E-state index contributed by atoms with van der Waals surface area (Å²) in [7, 11) is 0. The maximum absolute atomic E-state index is 10.9. The third kappa shape index (κ3) is 1.54. The van der Waals surface area contributed by atoms with E-state index in [-0.39, 0.29) is 0 Å². The van der Waals surface area contributed by atoms with E-state index in [4.69, 9.17) is 5.11 Å². The lowest BCUT2D eigenvalue weighted by Gasteiger charge is -2.18. The van der Waals surface area contributed by atoms with E-state index in [9.17, 15) is 4.79 Å². The third-order valence-corrected chi connectivity index (χ3v) is 3.51. The molecule has 1 heterocycles. The van der Waals surface area contributed by atoms with E-state index in [1.807, 2.05) is 11.4 Å². The Balaban J connectivity index is 3.13. The first kappa shape index (κ1) is 9.74. The minimum absolute atomic E-state index is 0.804. The molecule has 0 amide bonds. The Bertz CT molecular complexity index is 304. The van der Waals surface area contributed by atoms with Gasteiger partial charge in [-0.15, -0.1) is 11.3 Å². The van der Waals surface area contributed by atoms with Gasteiger partial charge in [0.2, 0.25) is 0 Å². The van der Waals surface area contributed by atoms with Crippen LogP contribution in [-0.2, 0) is 10.2 Å². The molecule has 0 bridgehead atoms. The highest BCUT2D eigenvalue weighted by Gasteiger charge is 2.31. The van der Waals surface area contributed by atoms with Crippen LogP contribution in [0.1, 0.15) is 19.4 Å². The Morgan fingerprint density at radius 1 is 1.67 bits per heavy atom. The lowest BCUT2D eigenvalue weighted by Crippen LogP contribution is -2.28. The predicted octanol–water partition coefficient (Wildman–Crippen LogP) is 2.87. The van der Waals surface area contributed by atoms with Crippen molar-refractivity contribution in [1.29, 1.82) is 0 Å². The average Bonchev–Trinajstić information content (AvgIpc) is 2.35. The second-order valence-corrected chi connectivity index (χ2v) is 5.27. The van der Waals surface area contributed by atoms with Crippen LogP contribution >= 0.6 is 27.3 Å². The molecule has 4 heteroatoms. The summed E-state index contributed by atoms with van der Waals surface area (Å²) in [6.45, 7) is 3.39. The van der Waals surface area contributed by atoms with Crippen molar-refractivity contribution in [3.8, 4) is 0 Å². The highest BCUT2D eigenvalue weighted by molar-refractivity contribution is 9.11. The van der Waals surface area contributed by atoms with Crippen LogP contribution in [0.2, 0.25) is 0 Å². The number of carboxylic acid groups (broad SMARTS) is 1. The molecule has 1 rings (SSSR count). The lowest BCUT2D eigenvalue weighted by atomic mass is 9.87. The first-order chi connectivity index (χ1) is 5.46. The van der Waals surface area contributed by atoms with Gasteiger partial charge in [0, 0.05) is 0 Å². The van der Waals surface area contributed by atoms with Gasteiger partial charge in [0.1, 0.15) is 0 Å². The molecular weight excluding hydrogens is 240 g/mol. The Morgan fingerprint density at radius 2 is 2.25 bits per heavy atom. The molecule has 1 N–H and O–H groups in total. The summed E-state index contributed by atoms with van der Waals surface area (Å²) in [4.78, 5) is 10.9. The van der Waals surface area contributed by atoms with E-state index >= 15 is 0 Å². The monoisotopic (exact) mass is 248 g/mol. The first-order valence-electron chi connectivity index (χ1n) is 3.43. The molecule has 0 unspecified atom stereocenters. The molecule has 0 atom stereocenters. The Morgan fingerprint density at radius 3 is 2.58 bits per heavy atom. The molecule has 1 aromatic heterocycles. The van der Waals surface area contributed by atoms with Crippen LogP contribution in [0, 0.1) is 0 Å². The van der Waals surface area contributed by atoms with Gasteiger partial charge in [-0.2, -0.15) is 0 Å². The number of hydrogen-bond donors (Lipinski definition) is 1. The van der Waals surface area contributed by atoms with Crippen molar-refractivity contribution in [1.82, 2.24) is 0 Å². The summed E-state index contributed by atoms with van der Waals surface area (Å²) >= 11 is 4.83. The van der Waals surface area contributed by atoms with Crippen molar-refractivity contribution in [3.63, 3.8) is 0 Å². The molecule has 0 aliphatic carbocycles. The van der Waals surface area contributed by atoms with Gasteiger partial charge in [0.05, 0.1) is 9.20 Å². The van der Waals surface area contributed by atoms with Gasteiger partial charge in [0.25, 0.3) is 0 Å². The predicted molar refractivity (Wildman–Crippen MR) is 52.7 cm³/mol. The molecule has 0 spiro atoms. The molecule has 0 aliphatic heterocycles. The molecular formula is C8H9BrO2S. The summed E-state index contributed by atoms with van der Waals surface area (Å²) in [5.74, 6) is -0.804. The zero-order chi connectivity index (χ0) is 9.35. The SMILES string of the molecule is CC(C)(C(=O)O)c1ccsc1Br. The standard InChI is InChI=1S/C8H9BrO2S/c1-8(2,7(10)11)5-3-4-12-6(5)9/h3-4H,1-2H3,(H,10,11). The van der Waals surface area contributed by atoms with Gasteiger partial charge in [-0.3, -0.25) is 4.79 Å². The Labute approximate surface area is 83.4 Å². The van der Waals surface area contributed by atoms with E-state index in [1.165, 1.54) is 11.3 Å². The minimum Gasteiger partial charge on any atom is -0.481 e. The Kier molecular flexibility index (Phi) is 2.58. The van der Waals surface area contributed by atoms with Gasteiger partial charge in [0.15, 0.2) is 0 Å². The molecule has 0 saturated heterocycles. The van der Waals surface area contributed by atoms with Crippen LogP contribution in [-0.4, -0.2) is 11.1 Å². The molecule has 0 aromatic carbocycles. The van der Waals surface area contributed by atoms with Gasteiger partial charge >= 0.3 is 5.97 Å². The zero-order valence-electron chi connectivity index (χ0n) is 6.80. The smallest absolute Gasteiger partial charge is 0.313 e. The maximum atomic E-state index is 10.9. The van der Waals surface area contributed by atoms with E-state index < -0.39 is 11.4 Å². The van der Waals surface area contributed by atoms with Crippen molar-refractivity contribution in [3.05, 3.63) is 20.8 Å². The highest BCUT2D eigenvalue weighted by Crippen LogP contribution is 2.34. The molecule has 0 aliphatic rings. The highest BCUT2D eigenvalue weighted by atomic mass is 79.9. The van der Waals surface area contributed by atoms with E-state index in [1.54, 1.807) is 13.8 Å². The van der Waals surface area contributed by atoms with Crippen molar-refractivity contribution >= 4 is 33.2 Å². The number of hydrogen-bond acceptors (Lipinski definition) is 2. The van der Waals surface area contributed by atoms with Gasteiger partial charge in [-0.1, -0.05) is 0 Å². The Hall–Kier alpha value is -0.350. The van der Waals surface area contributed by atoms with Gasteiger partial charge < -0.3 is 5.11 Å². The minimum atomic E-state index is -0.807. The van der Waals surface area contributed by atoms with Gasteiger partial charge in [-0.05, 0) is 46.8 Å². The summed E-state index contributed by atoms with van der Waals surface area (Å²) in [6, 6.07) is 1.84. The van der Waals surface area contributed by atoms with Crippen molar-refractivity contribution in [2.75, 3.05) is 0 Å². The van der Waals surface area contributed by atoms with Crippen molar-refractivity contribution in [2.45, 2.75) is 19.3 Å². The van der Waals surface area contributed by atoms with Crippen LogP contribution in [0.3, 0.4) is 0 Å². The number of carboxylic acids is 1. The summed E-state index contributed by atoms with van der Waals surface area (Å²) < 4.78 is 0.898. The van der Waals surface area contributed by atoms with Gasteiger partial charge in [-0.25, -0.2) is 0 Å². The van der Waals surface area contributed by atoms with Crippen LogP contribution in [0.4, 0.5) is 0 Å². The maximum Gasteiger partial charge on any atom is 0.313 e. The van der Waals surface area contributed by atoms with Crippen LogP contribution < -0.4 is 0 Å². The summed E-state index contributed by atoms with van der Waals surface area (Å²) in [6.07, 6.45) is 0. The van der Waals surface area contributed by atoms with Crippen LogP contribution in [0.25, 0.3) is 0 Å². The number of carbonyl (C=O) groups is 1. The number of thiophene rings is 1. The largest absolute Gasteiger partial charge is 0.481 e. The third-order valence-electron chi connectivity index (χ3n) is 1.83. The van der Waals surface area contributed by atoms with Crippen LogP contribution in [0.15, 0.2) is 15.2 Å². The molecule has 0 saturated carbocycles. The van der Waals surface area contributed by atoms with Crippen molar-refractivity contribution < 1.29 is 9.90 Å². The van der Waals surface area contributed by atoms with E-state index in [0.29, 0.717) is 0 Å². The number of aliphatic carboxylic acids is 1. The van der Waals surface area contributed by atoms with E-state index in [0.717, 1.165) is 9.35 Å². The molecule has 2 nitrogen and oxygen atoms in total. The fraction of sp³-hybridized carbons (Fsp3) is 0.375. The number of halogens is 1. The molecule has 0 fully saturated rings. The van der Waals surface area contributed by atoms with E-state index in [2.05, 4.69) is 15.9 Å². The normalized spacial score (nSPS) is 11.6. The second kappa shape index (κ2) is 3.18. The lowest BCUT2D eigenvalue weighted by molar-refractivity contribution is -0.142. The van der Waals surface area contributed by atoms with Crippen LogP contribution in [0.5, 0.6) is 0 Å².